The number of benzene rings is 4. The number of allylic oxidation sites excluding steroid dienone is 1. The van der Waals surface area contributed by atoms with Gasteiger partial charge in [0.25, 0.3) is 5.84 Å². The van der Waals surface area contributed by atoms with Crippen molar-refractivity contribution in [3.63, 3.8) is 0 Å². The summed E-state index contributed by atoms with van der Waals surface area (Å²) >= 11 is 7.75. The van der Waals surface area contributed by atoms with Gasteiger partial charge in [-0.15, -0.1) is 0 Å². The number of ether oxygens (including phenoxy) is 2. The maximum Gasteiger partial charge on any atom is 0.642 e. The van der Waals surface area contributed by atoms with E-state index in [1.807, 2.05) is 48.5 Å². The molecule has 3 heterocycles. The number of halogens is 6. The van der Waals surface area contributed by atoms with Crippen LogP contribution < -0.4 is 57.4 Å². The third-order valence-corrected chi connectivity index (χ3v) is 14.0. The van der Waals surface area contributed by atoms with Gasteiger partial charge in [0.05, 0.1) is 74.6 Å². The molecule has 7 nitrogen and oxygen atoms in total. The first-order valence-electron chi connectivity index (χ1n) is 20.0. The van der Waals surface area contributed by atoms with Crippen LogP contribution in [0.4, 0.5) is 14.4 Å². The lowest BCUT2D eigenvalue weighted by Crippen LogP contribution is -3.00. The molecular weight excluding hydrogens is 1120 g/mol. The van der Waals surface area contributed by atoms with Crippen LogP contribution in [0.2, 0.25) is 0 Å². The van der Waals surface area contributed by atoms with Gasteiger partial charge in [0.1, 0.15) is 30.3 Å². The van der Waals surface area contributed by atoms with Crippen LogP contribution in [0.5, 0.6) is 11.5 Å². The van der Waals surface area contributed by atoms with Crippen molar-refractivity contribution in [2.75, 3.05) is 54.5 Å². The first-order chi connectivity index (χ1) is 27.7. The summed E-state index contributed by atoms with van der Waals surface area (Å²) in [5, 5.41) is 0. The zero-order valence-corrected chi connectivity index (χ0v) is 42.9. The normalized spacial score (nSPS) is 14.6. The number of aliphatic imine (C=N–C) groups is 1. The summed E-state index contributed by atoms with van der Waals surface area (Å²) in [5.74, 6) is 1.65. The van der Waals surface area contributed by atoms with Crippen LogP contribution in [0.15, 0.2) is 111 Å². The van der Waals surface area contributed by atoms with E-state index in [4.69, 9.17) is 14.5 Å². The van der Waals surface area contributed by atoms with E-state index < -0.39 is 6.97 Å². The number of quaternary nitrogens is 2. The third-order valence-electron chi connectivity index (χ3n) is 12.5. The Morgan fingerprint density at radius 2 is 1.05 bits per heavy atom. The first kappa shape index (κ1) is 48.1. The molecule has 0 atom stereocenters. The summed E-state index contributed by atoms with van der Waals surface area (Å²) < 4.78 is 52.6. The quantitative estimate of drug-likeness (QED) is 0.0877. The third kappa shape index (κ3) is 8.84. The molecule has 2 aliphatic heterocycles. The zero-order chi connectivity index (χ0) is 41.6. The van der Waals surface area contributed by atoms with Crippen LogP contribution in [0, 0.1) is 0 Å². The van der Waals surface area contributed by atoms with Gasteiger partial charge < -0.3 is 84.0 Å². The Kier molecular flexibility index (Phi) is 15.4. The maximum atomic E-state index is 18.3. The maximum absolute atomic E-state index is 18.3. The molecule has 4 aromatic carbocycles. The van der Waals surface area contributed by atoms with Crippen LogP contribution in [0.3, 0.4) is 0 Å². The Labute approximate surface area is 404 Å². The molecule has 0 fully saturated rings. The second-order valence-electron chi connectivity index (χ2n) is 15.8. The predicted molar refractivity (Wildman–Crippen MR) is 242 cm³/mol. The van der Waals surface area contributed by atoms with Crippen molar-refractivity contribution in [1.82, 2.24) is 4.48 Å². The highest BCUT2D eigenvalue weighted by molar-refractivity contribution is 9.12. The number of hydrogen-bond acceptors (Lipinski definition) is 3. The highest BCUT2D eigenvalue weighted by Gasteiger charge is 2.56. The van der Waals surface area contributed by atoms with Gasteiger partial charge >= 0.3 is 6.97 Å². The SMILES string of the molecule is CC[N+](C)(CC)Cc1ccc(C2=C(Br)C(c3ccc(OC)cc3)=[N+]3C2=Nc2c(-c4ccc(C[N+](C)(CC)CC)cc4)c(Br)c(-c4ccc(OC)cc4)n2[B-]3(F)F)cc1.[I-].[I-]. The average Bonchev–Trinajstić information content (AvgIpc) is 3.72. The molecule has 318 valence electrons. The summed E-state index contributed by atoms with van der Waals surface area (Å²) in [5.41, 5.74) is 7.06. The highest BCUT2D eigenvalue weighted by atomic mass is 127. The highest BCUT2D eigenvalue weighted by Crippen LogP contribution is 2.52. The van der Waals surface area contributed by atoms with Crippen LogP contribution in [0.1, 0.15) is 49.9 Å². The molecule has 0 amide bonds. The Hall–Kier alpha value is -2.90. The summed E-state index contributed by atoms with van der Waals surface area (Å²) in [6.45, 7) is 10.0. The predicted octanol–water partition coefficient (Wildman–Crippen LogP) is 5.17. The standard InChI is InChI=1S/C46H52BBr2F2N5O2.2HI/c1-9-55(5,10-2)29-31-13-17-33(18-14-31)39-41(48)43(35-21-25-37(57-7)26-22-35)53-45(39)52-46-40(34-19-15-32(16-20-34)30-56(6,11-3)12-4)42(49)44(54(46)47(53,50)51)36-23-27-38(58-8)28-24-36;;/h13-28H,9-12,29-30H2,1-8H3;2*1H/q+2;;/p-2. The first-order valence-corrected chi connectivity index (χ1v) is 21.6. The summed E-state index contributed by atoms with van der Waals surface area (Å²) in [6.07, 6.45) is 0. The second-order valence-corrected chi connectivity index (χ2v) is 17.4. The van der Waals surface area contributed by atoms with Gasteiger partial charge in [-0.25, -0.2) is 0 Å². The molecule has 2 aliphatic rings. The Morgan fingerprint density at radius 3 is 1.48 bits per heavy atom. The fourth-order valence-corrected chi connectivity index (χ4v) is 9.66. The molecule has 0 radical (unpaired) electrons. The van der Waals surface area contributed by atoms with Gasteiger partial charge in [0, 0.05) is 22.4 Å². The van der Waals surface area contributed by atoms with E-state index in [1.54, 1.807) is 38.5 Å². The Balaban J connectivity index is 0.00000341. The molecule has 0 spiro atoms. The lowest BCUT2D eigenvalue weighted by Gasteiger charge is -2.32. The summed E-state index contributed by atoms with van der Waals surface area (Å²) in [7, 11) is 7.69. The van der Waals surface area contributed by atoms with Crippen molar-refractivity contribution in [3.8, 4) is 33.9 Å². The molecule has 0 saturated heterocycles. The van der Waals surface area contributed by atoms with E-state index in [9.17, 15) is 0 Å². The van der Waals surface area contributed by atoms with E-state index >= 15 is 8.63 Å². The molecular formula is C46H52BBr2F2I2N5O2. The van der Waals surface area contributed by atoms with E-state index in [0.717, 1.165) is 68.3 Å². The molecule has 0 aliphatic carbocycles. The van der Waals surface area contributed by atoms with Crippen molar-refractivity contribution < 1.29 is 79.5 Å². The minimum atomic E-state index is -4.56. The molecule has 14 heteroatoms. The number of amidine groups is 1. The van der Waals surface area contributed by atoms with Gasteiger partial charge in [-0.3, -0.25) is 0 Å². The van der Waals surface area contributed by atoms with Gasteiger partial charge in [0.2, 0.25) is 5.82 Å². The minimum absolute atomic E-state index is 0. The van der Waals surface area contributed by atoms with E-state index in [-0.39, 0.29) is 59.6 Å². The van der Waals surface area contributed by atoms with Gasteiger partial charge in [-0.05, 0) is 130 Å². The van der Waals surface area contributed by atoms with Crippen molar-refractivity contribution >= 4 is 61.8 Å². The van der Waals surface area contributed by atoms with Gasteiger partial charge in [-0.2, -0.15) is 0 Å². The van der Waals surface area contributed by atoms with Crippen molar-refractivity contribution in [2.45, 2.75) is 40.8 Å². The number of aromatic nitrogens is 1. The zero-order valence-electron chi connectivity index (χ0n) is 35.4. The summed E-state index contributed by atoms with van der Waals surface area (Å²) in [4.78, 5) is 5.30. The number of fused-ring (bicyclic) bond motifs is 2. The molecule has 7 rings (SSSR count). The monoisotopic (exact) mass is 1170 g/mol. The fourth-order valence-electron chi connectivity index (χ4n) is 8.01. The fraction of sp³-hybridized carbons (Fsp3) is 0.304. The number of methoxy groups -OCH3 is 2. The lowest BCUT2D eigenvalue weighted by atomic mass is 9.90. The number of nitrogens with zero attached hydrogens (tertiary/aromatic N) is 5. The Morgan fingerprint density at radius 1 is 0.633 bits per heavy atom. The minimum Gasteiger partial charge on any atom is -1.00 e. The molecule has 0 saturated carbocycles. The van der Waals surface area contributed by atoms with Crippen LogP contribution in [0.25, 0.3) is 28.0 Å². The molecule has 60 heavy (non-hydrogen) atoms. The van der Waals surface area contributed by atoms with E-state index in [1.165, 1.54) is 11.1 Å². The van der Waals surface area contributed by atoms with Gasteiger partial charge in [-0.1, -0.05) is 48.5 Å². The molecule has 0 bridgehead atoms. The molecule has 0 N–H and O–H groups in total. The van der Waals surface area contributed by atoms with Crippen LogP contribution >= 0.6 is 31.9 Å². The number of hydrogen-bond donors (Lipinski definition) is 0. The largest absolute Gasteiger partial charge is 1.00 e. The second kappa shape index (κ2) is 19.2. The smallest absolute Gasteiger partial charge is 0.642 e. The Bertz CT molecular complexity index is 2430. The summed E-state index contributed by atoms with van der Waals surface area (Å²) in [6, 6.07) is 31.0. The average molecular weight is 1170 g/mol. The van der Waals surface area contributed by atoms with Crippen molar-refractivity contribution in [1.29, 1.82) is 0 Å². The molecule has 5 aromatic rings. The van der Waals surface area contributed by atoms with E-state index in [0.29, 0.717) is 54.1 Å². The van der Waals surface area contributed by atoms with Crippen LogP contribution in [-0.2, 0) is 13.1 Å². The van der Waals surface area contributed by atoms with E-state index in [2.05, 4.69) is 97.9 Å². The van der Waals surface area contributed by atoms with Crippen molar-refractivity contribution in [2.24, 2.45) is 4.99 Å². The molecule has 0 unspecified atom stereocenters. The van der Waals surface area contributed by atoms with Gasteiger partial charge in [0.15, 0.2) is 0 Å². The topological polar surface area (TPSA) is 38.8 Å². The molecule has 1 aromatic heterocycles. The van der Waals surface area contributed by atoms with Crippen LogP contribution in [-0.4, -0.2) is 90.9 Å². The lowest BCUT2D eigenvalue weighted by molar-refractivity contribution is -0.919. The van der Waals surface area contributed by atoms with Crippen molar-refractivity contribution in [3.05, 3.63) is 128 Å². The number of rotatable bonds is 14.